The molecular weight excluding hydrogens is 344 g/mol. The number of carbonyl (C=O) groups is 2. The molecule has 0 atom stereocenters. The minimum atomic E-state index is -3.78. The number of carbonyl (C=O) groups excluding carboxylic acids is 2. The van der Waals surface area contributed by atoms with Crippen LogP contribution < -0.4 is 4.72 Å². The van der Waals surface area contributed by atoms with Gasteiger partial charge in [0.1, 0.15) is 6.54 Å². The SMILES string of the molecule is Cc1ccc(S(=O)(=O)NCC(=O)OCC(=O)N2CCC(C)CC2)cc1. The summed E-state index contributed by atoms with van der Waals surface area (Å²) in [6, 6.07) is 6.27. The minimum absolute atomic E-state index is 0.0735. The highest BCUT2D eigenvalue weighted by Gasteiger charge is 2.22. The zero-order chi connectivity index (χ0) is 18.4. The number of esters is 1. The van der Waals surface area contributed by atoms with Gasteiger partial charge in [-0.25, -0.2) is 8.42 Å². The normalized spacial score (nSPS) is 15.8. The maximum Gasteiger partial charge on any atom is 0.321 e. The summed E-state index contributed by atoms with van der Waals surface area (Å²) in [5, 5.41) is 0. The van der Waals surface area contributed by atoms with E-state index in [0.29, 0.717) is 19.0 Å². The molecule has 0 saturated carbocycles. The summed E-state index contributed by atoms with van der Waals surface area (Å²) in [6.07, 6.45) is 1.88. The molecule has 1 aromatic rings. The number of piperidine rings is 1. The maximum absolute atomic E-state index is 12.1. The second kappa shape index (κ2) is 8.44. The number of nitrogens with one attached hydrogen (secondary N) is 1. The van der Waals surface area contributed by atoms with Gasteiger partial charge in [0, 0.05) is 13.1 Å². The number of ether oxygens (including phenoxy) is 1. The van der Waals surface area contributed by atoms with E-state index >= 15 is 0 Å². The van der Waals surface area contributed by atoms with Crippen molar-refractivity contribution in [3.8, 4) is 0 Å². The molecule has 1 aromatic carbocycles. The van der Waals surface area contributed by atoms with Crippen molar-refractivity contribution < 1.29 is 22.7 Å². The topological polar surface area (TPSA) is 92.8 Å². The van der Waals surface area contributed by atoms with E-state index in [9.17, 15) is 18.0 Å². The maximum atomic E-state index is 12.1. The van der Waals surface area contributed by atoms with E-state index in [-0.39, 0.29) is 17.4 Å². The Kier molecular flexibility index (Phi) is 6.55. The van der Waals surface area contributed by atoms with Gasteiger partial charge < -0.3 is 9.64 Å². The van der Waals surface area contributed by atoms with Gasteiger partial charge in [-0.05, 0) is 37.8 Å². The van der Waals surface area contributed by atoms with Crippen molar-refractivity contribution in [2.75, 3.05) is 26.2 Å². The predicted molar refractivity (Wildman–Crippen MR) is 92.3 cm³/mol. The van der Waals surface area contributed by atoms with Gasteiger partial charge in [0.05, 0.1) is 4.90 Å². The van der Waals surface area contributed by atoms with Crippen molar-refractivity contribution >= 4 is 21.9 Å². The second-order valence-corrected chi connectivity index (χ2v) is 8.13. The van der Waals surface area contributed by atoms with Crippen LogP contribution in [0.5, 0.6) is 0 Å². The van der Waals surface area contributed by atoms with Gasteiger partial charge in [0.15, 0.2) is 6.61 Å². The molecule has 0 bridgehead atoms. The average molecular weight is 368 g/mol. The van der Waals surface area contributed by atoms with Gasteiger partial charge in [0.25, 0.3) is 5.91 Å². The van der Waals surface area contributed by atoms with Gasteiger partial charge >= 0.3 is 5.97 Å². The van der Waals surface area contributed by atoms with Crippen molar-refractivity contribution in [2.24, 2.45) is 5.92 Å². The summed E-state index contributed by atoms with van der Waals surface area (Å²) in [7, 11) is -3.78. The van der Waals surface area contributed by atoms with E-state index in [1.165, 1.54) is 12.1 Å². The molecule has 1 aliphatic rings. The molecule has 1 fully saturated rings. The highest BCUT2D eigenvalue weighted by Crippen LogP contribution is 2.16. The Labute approximate surface area is 148 Å². The van der Waals surface area contributed by atoms with Gasteiger partial charge in [-0.3, -0.25) is 9.59 Å². The van der Waals surface area contributed by atoms with Crippen LogP contribution in [0.15, 0.2) is 29.2 Å². The number of rotatable bonds is 6. The van der Waals surface area contributed by atoms with Crippen LogP contribution in [0, 0.1) is 12.8 Å². The summed E-state index contributed by atoms with van der Waals surface area (Å²) in [5.41, 5.74) is 0.934. The first-order chi connectivity index (χ1) is 11.8. The van der Waals surface area contributed by atoms with E-state index in [1.807, 2.05) is 6.92 Å². The predicted octanol–water partition coefficient (Wildman–Crippen LogP) is 1.08. The van der Waals surface area contributed by atoms with Crippen LogP contribution in [0.1, 0.15) is 25.3 Å². The molecule has 1 saturated heterocycles. The van der Waals surface area contributed by atoms with E-state index in [1.54, 1.807) is 17.0 Å². The van der Waals surface area contributed by atoms with E-state index in [4.69, 9.17) is 4.74 Å². The van der Waals surface area contributed by atoms with E-state index in [0.717, 1.165) is 18.4 Å². The van der Waals surface area contributed by atoms with Crippen LogP contribution in [-0.4, -0.2) is 51.4 Å². The van der Waals surface area contributed by atoms with Crippen molar-refractivity contribution in [1.29, 1.82) is 0 Å². The van der Waals surface area contributed by atoms with E-state index in [2.05, 4.69) is 11.6 Å². The van der Waals surface area contributed by atoms with Crippen molar-refractivity contribution in [3.05, 3.63) is 29.8 Å². The lowest BCUT2D eigenvalue weighted by atomic mass is 9.99. The number of amides is 1. The van der Waals surface area contributed by atoms with Crippen LogP contribution in [0.4, 0.5) is 0 Å². The Balaban J connectivity index is 1.76. The second-order valence-electron chi connectivity index (χ2n) is 6.36. The Morgan fingerprint density at radius 1 is 1.20 bits per heavy atom. The monoisotopic (exact) mass is 368 g/mol. The zero-order valence-corrected chi connectivity index (χ0v) is 15.3. The molecule has 7 nitrogen and oxygen atoms in total. The number of aryl methyl sites for hydroxylation is 1. The molecular formula is C17H24N2O5S. The highest BCUT2D eigenvalue weighted by atomic mass is 32.2. The lowest BCUT2D eigenvalue weighted by Crippen LogP contribution is -2.41. The smallest absolute Gasteiger partial charge is 0.321 e. The quantitative estimate of drug-likeness (QED) is 0.759. The molecule has 0 aliphatic carbocycles. The molecule has 1 N–H and O–H groups in total. The fourth-order valence-corrected chi connectivity index (χ4v) is 3.47. The Morgan fingerprint density at radius 3 is 2.40 bits per heavy atom. The number of likely N-dealkylation sites (tertiary alicyclic amines) is 1. The summed E-state index contributed by atoms with van der Waals surface area (Å²) in [5.74, 6) is -0.432. The lowest BCUT2D eigenvalue weighted by Gasteiger charge is -2.30. The highest BCUT2D eigenvalue weighted by molar-refractivity contribution is 7.89. The fourth-order valence-electron chi connectivity index (χ4n) is 2.50. The number of benzene rings is 1. The fraction of sp³-hybridized carbons (Fsp3) is 0.529. The Morgan fingerprint density at radius 2 is 1.80 bits per heavy atom. The third kappa shape index (κ3) is 5.82. The minimum Gasteiger partial charge on any atom is -0.455 e. The molecule has 1 amide bonds. The molecule has 0 aromatic heterocycles. The largest absolute Gasteiger partial charge is 0.455 e. The molecule has 138 valence electrons. The van der Waals surface area contributed by atoms with Crippen LogP contribution in [-0.2, 0) is 24.3 Å². The van der Waals surface area contributed by atoms with E-state index < -0.39 is 22.5 Å². The Hall–Kier alpha value is -1.93. The van der Waals surface area contributed by atoms with Crippen LogP contribution in [0.3, 0.4) is 0 Å². The molecule has 25 heavy (non-hydrogen) atoms. The zero-order valence-electron chi connectivity index (χ0n) is 14.5. The summed E-state index contributed by atoms with van der Waals surface area (Å²) < 4.78 is 31.2. The first kappa shape index (κ1) is 19.4. The summed E-state index contributed by atoms with van der Waals surface area (Å²) in [4.78, 5) is 25.4. The molecule has 1 aliphatic heterocycles. The molecule has 0 radical (unpaired) electrons. The van der Waals surface area contributed by atoms with Gasteiger partial charge in [-0.2, -0.15) is 4.72 Å². The molecule has 1 heterocycles. The van der Waals surface area contributed by atoms with Crippen molar-refractivity contribution in [1.82, 2.24) is 9.62 Å². The standard InChI is InChI=1S/C17H24N2O5S/c1-13-3-5-15(6-4-13)25(22,23)18-11-17(21)24-12-16(20)19-9-7-14(2)8-10-19/h3-6,14,18H,7-12H2,1-2H3. The number of hydrogen-bond acceptors (Lipinski definition) is 5. The van der Waals surface area contributed by atoms with Crippen LogP contribution >= 0.6 is 0 Å². The lowest BCUT2D eigenvalue weighted by molar-refractivity contribution is -0.151. The van der Waals surface area contributed by atoms with Crippen LogP contribution in [0.2, 0.25) is 0 Å². The average Bonchev–Trinajstić information content (AvgIpc) is 2.59. The number of nitrogens with zero attached hydrogens (tertiary/aromatic N) is 1. The summed E-state index contributed by atoms with van der Waals surface area (Å²) >= 11 is 0. The van der Waals surface area contributed by atoms with Crippen molar-refractivity contribution in [2.45, 2.75) is 31.6 Å². The third-order valence-electron chi connectivity index (χ3n) is 4.23. The number of sulfonamides is 1. The molecule has 0 spiro atoms. The van der Waals surface area contributed by atoms with Crippen LogP contribution in [0.25, 0.3) is 0 Å². The number of hydrogen-bond donors (Lipinski definition) is 1. The van der Waals surface area contributed by atoms with Gasteiger partial charge in [-0.1, -0.05) is 24.6 Å². The van der Waals surface area contributed by atoms with Crippen molar-refractivity contribution in [3.63, 3.8) is 0 Å². The van der Waals surface area contributed by atoms with Gasteiger partial charge in [-0.15, -0.1) is 0 Å². The third-order valence-corrected chi connectivity index (χ3v) is 5.65. The first-order valence-corrected chi connectivity index (χ1v) is 9.76. The summed E-state index contributed by atoms with van der Waals surface area (Å²) in [6.45, 7) is 4.44. The van der Waals surface area contributed by atoms with Gasteiger partial charge in [0.2, 0.25) is 10.0 Å². The first-order valence-electron chi connectivity index (χ1n) is 8.27. The Bertz CT molecular complexity index is 707. The molecule has 8 heteroatoms. The molecule has 2 rings (SSSR count). The molecule has 0 unspecified atom stereocenters.